The van der Waals surface area contributed by atoms with Crippen LogP contribution in [0.5, 0.6) is 0 Å². The van der Waals surface area contributed by atoms with Crippen molar-refractivity contribution in [3.8, 4) is 11.1 Å². The number of fused-ring (bicyclic) bond motifs is 3. The van der Waals surface area contributed by atoms with Gasteiger partial charge in [-0.25, -0.2) is 4.79 Å². The number of carbonyl (C=O) groups is 3. The van der Waals surface area contributed by atoms with Crippen LogP contribution in [-0.4, -0.2) is 37.3 Å². The minimum Gasteiger partial charge on any atom is -0.465 e. The average molecular weight is 514 g/mol. The molecule has 0 saturated heterocycles. The molecule has 1 atom stereocenters. The molecule has 0 heterocycles. The molecule has 0 bridgehead atoms. The summed E-state index contributed by atoms with van der Waals surface area (Å²) in [5.74, 6) is -1.11. The van der Waals surface area contributed by atoms with Gasteiger partial charge in [0.25, 0.3) is 0 Å². The van der Waals surface area contributed by atoms with E-state index in [4.69, 9.17) is 14.2 Å². The van der Waals surface area contributed by atoms with E-state index >= 15 is 0 Å². The second-order valence-corrected chi connectivity index (χ2v) is 9.67. The fourth-order valence-electron chi connectivity index (χ4n) is 4.81. The van der Waals surface area contributed by atoms with Crippen LogP contribution in [0.2, 0.25) is 0 Å². The first kappa shape index (κ1) is 25.7. The minimum absolute atomic E-state index is 0.0189. The molecule has 38 heavy (non-hydrogen) atoms. The number of carbonyl (C=O) groups excluding carboxylic acids is 3. The molecule has 1 fully saturated rings. The molecule has 7 heteroatoms. The van der Waals surface area contributed by atoms with Crippen LogP contribution in [0.1, 0.15) is 48.3 Å². The van der Waals surface area contributed by atoms with E-state index in [1.165, 1.54) is 0 Å². The third kappa shape index (κ3) is 6.29. The lowest BCUT2D eigenvalue weighted by Crippen LogP contribution is -2.35. The molecule has 0 aromatic heterocycles. The Hall–Kier alpha value is -3.97. The molecule has 0 radical (unpaired) electrons. The molecular weight excluding hydrogens is 482 g/mol. The highest BCUT2D eigenvalue weighted by atomic mass is 16.6. The average Bonchev–Trinajstić information content (AvgIpc) is 3.74. The van der Waals surface area contributed by atoms with Crippen LogP contribution in [0.4, 0.5) is 0 Å². The summed E-state index contributed by atoms with van der Waals surface area (Å²) in [6, 6.07) is 25.7. The standard InChI is InChI=1S/C31H31NO6/c33-28(32-20-38-30(22-14-15-22)31(35)37-18-21-8-2-1-3-9-21)16-17-29(34)36-19-27-25-12-6-4-10-23(25)24-11-5-7-13-26(24)27/h1-13,22,27,30H,14-20H2,(H,32,33). The van der Waals surface area contributed by atoms with E-state index in [0.29, 0.717) is 0 Å². The van der Waals surface area contributed by atoms with Crippen molar-refractivity contribution in [1.82, 2.24) is 5.32 Å². The summed E-state index contributed by atoms with van der Waals surface area (Å²) in [5.41, 5.74) is 5.51. The fraction of sp³-hybridized carbons (Fsp3) is 0.323. The van der Waals surface area contributed by atoms with E-state index in [1.54, 1.807) is 0 Å². The second-order valence-electron chi connectivity index (χ2n) is 9.67. The zero-order valence-electron chi connectivity index (χ0n) is 21.1. The molecule has 2 aliphatic rings. The van der Waals surface area contributed by atoms with E-state index in [-0.39, 0.29) is 50.5 Å². The first-order valence-corrected chi connectivity index (χ1v) is 13.0. The molecule has 2 aliphatic carbocycles. The summed E-state index contributed by atoms with van der Waals surface area (Å²) < 4.78 is 16.6. The lowest BCUT2D eigenvalue weighted by Gasteiger charge is -2.17. The number of ether oxygens (including phenoxy) is 3. The molecule has 0 spiro atoms. The van der Waals surface area contributed by atoms with Crippen molar-refractivity contribution in [2.24, 2.45) is 5.92 Å². The van der Waals surface area contributed by atoms with Gasteiger partial charge in [0.05, 0.1) is 6.42 Å². The van der Waals surface area contributed by atoms with Gasteiger partial charge < -0.3 is 19.5 Å². The smallest absolute Gasteiger partial charge is 0.335 e. The Morgan fingerprint density at radius 1 is 0.789 bits per heavy atom. The van der Waals surface area contributed by atoms with Crippen molar-refractivity contribution in [3.63, 3.8) is 0 Å². The molecule has 0 aliphatic heterocycles. The predicted molar refractivity (Wildman–Crippen MR) is 141 cm³/mol. The number of rotatable bonds is 12. The fourth-order valence-corrected chi connectivity index (χ4v) is 4.81. The van der Waals surface area contributed by atoms with E-state index in [2.05, 4.69) is 29.6 Å². The van der Waals surface area contributed by atoms with E-state index < -0.39 is 18.0 Å². The number of benzene rings is 3. The van der Waals surface area contributed by atoms with Gasteiger partial charge >= 0.3 is 11.9 Å². The molecule has 5 rings (SSSR count). The zero-order chi connectivity index (χ0) is 26.3. The molecular formula is C31H31NO6. The van der Waals surface area contributed by atoms with Gasteiger partial charge in [-0.3, -0.25) is 9.59 Å². The normalized spacial score (nSPS) is 14.7. The van der Waals surface area contributed by atoms with E-state index in [0.717, 1.165) is 40.7 Å². The monoisotopic (exact) mass is 513 g/mol. The number of esters is 2. The van der Waals surface area contributed by atoms with Crippen LogP contribution in [0.15, 0.2) is 78.9 Å². The van der Waals surface area contributed by atoms with Crippen molar-refractivity contribution < 1.29 is 28.6 Å². The Morgan fingerprint density at radius 3 is 2.08 bits per heavy atom. The maximum Gasteiger partial charge on any atom is 0.335 e. The van der Waals surface area contributed by atoms with Gasteiger partial charge in [-0.2, -0.15) is 0 Å². The maximum atomic E-state index is 12.5. The third-order valence-corrected chi connectivity index (χ3v) is 6.97. The number of nitrogens with one attached hydrogen (secondary N) is 1. The number of amides is 1. The summed E-state index contributed by atoms with van der Waals surface area (Å²) in [4.78, 5) is 37.2. The molecule has 1 unspecified atom stereocenters. The summed E-state index contributed by atoms with van der Waals surface area (Å²) >= 11 is 0. The lowest BCUT2D eigenvalue weighted by molar-refractivity contribution is -0.161. The quantitative estimate of drug-likeness (QED) is 0.278. The van der Waals surface area contributed by atoms with Gasteiger partial charge in [0.1, 0.15) is 19.9 Å². The SMILES string of the molecule is O=C(CCC(=O)OCC1c2ccccc2-c2ccccc21)NCOC(C(=O)OCc1ccccc1)C1CC1. The molecule has 3 aromatic rings. The predicted octanol–water partition coefficient (Wildman–Crippen LogP) is 4.73. The number of hydrogen-bond donors (Lipinski definition) is 1. The van der Waals surface area contributed by atoms with Gasteiger partial charge in [0.2, 0.25) is 5.91 Å². The van der Waals surface area contributed by atoms with Crippen molar-refractivity contribution in [3.05, 3.63) is 95.6 Å². The Kier molecular flexibility index (Phi) is 8.14. The zero-order valence-corrected chi connectivity index (χ0v) is 21.1. The van der Waals surface area contributed by atoms with Crippen molar-refractivity contribution >= 4 is 17.8 Å². The summed E-state index contributed by atoms with van der Waals surface area (Å²) in [7, 11) is 0. The second kappa shape index (κ2) is 12.0. The first-order chi connectivity index (χ1) is 18.6. The Bertz CT molecular complexity index is 1240. The van der Waals surface area contributed by atoms with Crippen LogP contribution >= 0.6 is 0 Å². The first-order valence-electron chi connectivity index (χ1n) is 13.0. The molecule has 1 saturated carbocycles. The van der Waals surface area contributed by atoms with Crippen LogP contribution in [0.3, 0.4) is 0 Å². The van der Waals surface area contributed by atoms with Gasteiger partial charge in [0, 0.05) is 12.3 Å². The topological polar surface area (TPSA) is 90.9 Å². The molecule has 1 N–H and O–H groups in total. The van der Waals surface area contributed by atoms with E-state index in [1.807, 2.05) is 54.6 Å². The summed E-state index contributed by atoms with van der Waals surface area (Å²) in [5, 5.41) is 2.63. The van der Waals surface area contributed by atoms with Gasteiger partial charge in [-0.05, 0) is 46.6 Å². The maximum absolute atomic E-state index is 12.5. The van der Waals surface area contributed by atoms with Gasteiger partial charge in [-0.15, -0.1) is 0 Å². The van der Waals surface area contributed by atoms with Crippen LogP contribution in [-0.2, 0) is 35.2 Å². The van der Waals surface area contributed by atoms with Crippen LogP contribution < -0.4 is 5.32 Å². The Balaban J connectivity index is 1.03. The third-order valence-electron chi connectivity index (χ3n) is 6.97. The Morgan fingerprint density at radius 2 is 1.42 bits per heavy atom. The highest BCUT2D eigenvalue weighted by Gasteiger charge is 2.38. The highest BCUT2D eigenvalue weighted by Crippen LogP contribution is 2.44. The van der Waals surface area contributed by atoms with Crippen molar-refractivity contribution in [2.45, 2.75) is 44.3 Å². The van der Waals surface area contributed by atoms with Crippen molar-refractivity contribution in [1.29, 1.82) is 0 Å². The minimum atomic E-state index is -0.707. The lowest BCUT2D eigenvalue weighted by atomic mass is 9.98. The van der Waals surface area contributed by atoms with Gasteiger partial charge in [-0.1, -0.05) is 78.9 Å². The van der Waals surface area contributed by atoms with E-state index in [9.17, 15) is 14.4 Å². The summed E-state index contributed by atoms with van der Waals surface area (Å²) in [6.07, 6.45) is 1.02. The van der Waals surface area contributed by atoms with Crippen LogP contribution in [0, 0.1) is 5.92 Å². The molecule has 1 amide bonds. The summed E-state index contributed by atoms with van der Waals surface area (Å²) in [6.45, 7) is 0.287. The molecule has 7 nitrogen and oxygen atoms in total. The highest BCUT2D eigenvalue weighted by molar-refractivity contribution is 5.82. The van der Waals surface area contributed by atoms with Crippen LogP contribution in [0.25, 0.3) is 11.1 Å². The Labute approximate surface area is 222 Å². The van der Waals surface area contributed by atoms with Gasteiger partial charge in [0.15, 0.2) is 6.10 Å². The molecule has 3 aromatic carbocycles. The number of hydrogen-bond acceptors (Lipinski definition) is 6. The van der Waals surface area contributed by atoms with Crippen molar-refractivity contribution in [2.75, 3.05) is 13.3 Å². The largest absolute Gasteiger partial charge is 0.465 e. The molecule has 196 valence electrons.